The molecular weight excluding hydrogens is 176 g/mol. The summed E-state index contributed by atoms with van der Waals surface area (Å²) in [5, 5.41) is 9.97. The third kappa shape index (κ3) is 2.37. The fourth-order valence-corrected chi connectivity index (χ4v) is 2.54. The molecular formula is C12H22O2. The number of aliphatic hydroxyl groups excluding tert-OH is 1. The maximum absolute atomic E-state index is 9.97. The monoisotopic (exact) mass is 198 g/mol. The van der Waals surface area contributed by atoms with Crippen LogP contribution < -0.4 is 0 Å². The first kappa shape index (κ1) is 11.7. The average molecular weight is 198 g/mol. The SMILES string of the molecule is C=CCC(O)C1CC(C)(C)OC1(C)C. The molecule has 1 aliphatic heterocycles. The topological polar surface area (TPSA) is 29.5 Å². The average Bonchev–Trinajstić information content (AvgIpc) is 2.19. The molecule has 1 N–H and O–H groups in total. The summed E-state index contributed by atoms with van der Waals surface area (Å²) in [4.78, 5) is 0. The lowest BCUT2D eigenvalue weighted by Gasteiger charge is -2.29. The molecule has 0 amide bonds. The van der Waals surface area contributed by atoms with Crippen molar-refractivity contribution >= 4 is 0 Å². The lowest BCUT2D eigenvalue weighted by Crippen LogP contribution is -2.36. The highest BCUT2D eigenvalue weighted by atomic mass is 16.5. The summed E-state index contributed by atoms with van der Waals surface area (Å²) in [6.07, 6.45) is 3.00. The van der Waals surface area contributed by atoms with Crippen molar-refractivity contribution in [2.45, 2.75) is 57.8 Å². The van der Waals surface area contributed by atoms with Gasteiger partial charge in [0.1, 0.15) is 0 Å². The van der Waals surface area contributed by atoms with Crippen LogP contribution in [0.15, 0.2) is 12.7 Å². The molecule has 0 aromatic heterocycles. The predicted octanol–water partition coefficient (Wildman–Crippen LogP) is 2.52. The van der Waals surface area contributed by atoms with E-state index in [-0.39, 0.29) is 23.2 Å². The maximum atomic E-state index is 9.97. The van der Waals surface area contributed by atoms with Crippen LogP contribution in [0.1, 0.15) is 40.5 Å². The van der Waals surface area contributed by atoms with Gasteiger partial charge in [-0.25, -0.2) is 0 Å². The van der Waals surface area contributed by atoms with E-state index in [1.54, 1.807) is 6.08 Å². The van der Waals surface area contributed by atoms with Crippen LogP contribution in [-0.2, 0) is 4.74 Å². The van der Waals surface area contributed by atoms with E-state index < -0.39 is 0 Å². The summed E-state index contributed by atoms with van der Waals surface area (Å²) >= 11 is 0. The van der Waals surface area contributed by atoms with Crippen LogP contribution in [0.4, 0.5) is 0 Å². The van der Waals surface area contributed by atoms with Crippen molar-refractivity contribution < 1.29 is 9.84 Å². The molecule has 0 aromatic rings. The molecule has 14 heavy (non-hydrogen) atoms. The first-order chi connectivity index (χ1) is 6.28. The Morgan fingerprint density at radius 3 is 2.43 bits per heavy atom. The second-order valence-corrected chi connectivity index (χ2v) is 5.37. The van der Waals surface area contributed by atoms with Crippen LogP contribution in [0.25, 0.3) is 0 Å². The molecule has 0 bridgehead atoms. The third-order valence-electron chi connectivity index (χ3n) is 3.02. The lowest BCUT2D eigenvalue weighted by atomic mass is 9.82. The Kier molecular flexibility index (Phi) is 3.07. The zero-order valence-electron chi connectivity index (χ0n) is 9.71. The van der Waals surface area contributed by atoms with Gasteiger partial charge in [0.2, 0.25) is 0 Å². The van der Waals surface area contributed by atoms with Gasteiger partial charge in [-0.05, 0) is 40.5 Å². The van der Waals surface area contributed by atoms with Gasteiger partial charge >= 0.3 is 0 Å². The van der Waals surface area contributed by atoms with E-state index in [2.05, 4.69) is 34.3 Å². The van der Waals surface area contributed by atoms with Gasteiger partial charge in [0.15, 0.2) is 0 Å². The molecule has 1 rings (SSSR count). The molecule has 0 saturated carbocycles. The van der Waals surface area contributed by atoms with E-state index in [0.717, 1.165) is 6.42 Å². The molecule has 0 aromatic carbocycles. The summed E-state index contributed by atoms with van der Waals surface area (Å²) in [7, 11) is 0. The summed E-state index contributed by atoms with van der Waals surface area (Å²) in [6.45, 7) is 11.9. The summed E-state index contributed by atoms with van der Waals surface area (Å²) in [6, 6.07) is 0. The largest absolute Gasteiger partial charge is 0.392 e. The van der Waals surface area contributed by atoms with Crippen LogP contribution in [0.3, 0.4) is 0 Å². The number of ether oxygens (including phenoxy) is 1. The zero-order valence-corrected chi connectivity index (χ0v) is 9.71. The number of hydrogen-bond acceptors (Lipinski definition) is 2. The Morgan fingerprint density at radius 2 is 2.07 bits per heavy atom. The van der Waals surface area contributed by atoms with Crippen molar-refractivity contribution in [1.82, 2.24) is 0 Å². The Bertz CT molecular complexity index is 218. The molecule has 1 heterocycles. The zero-order chi connectivity index (χ0) is 11.0. The molecule has 1 saturated heterocycles. The lowest BCUT2D eigenvalue weighted by molar-refractivity contribution is -0.0871. The minimum absolute atomic E-state index is 0.115. The molecule has 1 fully saturated rings. The van der Waals surface area contributed by atoms with Gasteiger partial charge in [-0.15, -0.1) is 6.58 Å². The summed E-state index contributed by atoms with van der Waals surface area (Å²) < 4.78 is 5.92. The standard InChI is InChI=1S/C12H22O2/c1-6-7-10(13)9-8-11(2,3)14-12(9,4)5/h6,9-10,13H,1,7-8H2,2-5H3. The maximum Gasteiger partial charge on any atom is 0.0687 e. The van der Waals surface area contributed by atoms with Crippen molar-refractivity contribution in [3.8, 4) is 0 Å². The number of rotatable bonds is 3. The highest BCUT2D eigenvalue weighted by molar-refractivity contribution is 4.98. The van der Waals surface area contributed by atoms with Crippen molar-refractivity contribution in [1.29, 1.82) is 0 Å². The first-order valence-corrected chi connectivity index (χ1v) is 5.28. The molecule has 82 valence electrons. The normalized spacial score (nSPS) is 31.4. The molecule has 0 radical (unpaired) electrons. The van der Waals surface area contributed by atoms with Gasteiger partial charge in [0, 0.05) is 5.92 Å². The smallest absolute Gasteiger partial charge is 0.0687 e. The fraction of sp³-hybridized carbons (Fsp3) is 0.833. The summed E-state index contributed by atoms with van der Waals surface area (Å²) in [5.41, 5.74) is -0.345. The van der Waals surface area contributed by atoms with Crippen molar-refractivity contribution in [2.24, 2.45) is 5.92 Å². The Labute approximate surface area is 87.0 Å². The molecule has 2 nitrogen and oxygen atoms in total. The van der Waals surface area contributed by atoms with Gasteiger partial charge in [0.05, 0.1) is 17.3 Å². The summed E-state index contributed by atoms with van der Waals surface area (Å²) in [5.74, 6) is 0.204. The molecule has 0 spiro atoms. The van der Waals surface area contributed by atoms with E-state index in [0.29, 0.717) is 6.42 Å². The number of hydrogen-bond donors (Lipinski definition) is 1. The van der Waals surface area contributed by atoms with Crippen LogP contribution in [0, 0.1) is 5.92 Å². The highest BCUT2D eigenvalue weighted by Gasteiger charge is 2.48. The van der Waals surface area contributed by atoms with Crippen molar-refractivity contribution in [3.63, 3.8) is 0 Å². The minimum atomic E-state index is -0.329. The molecule has 2 unspecified atom stereocenters. The highest BCUT2D eigenvalue weighted by Crippen LogP contribution is 2.44. The second kappa shape index (κ2) is 3.67. The van der Waals surface area contributed by atoms with Crippen molar-refractivity contribution in [2.75, 3.05) is 0 Å². The van der Waals surface area contributed by atoms with E-state index >= 15 is 0 Å². The van der Waals surface area contributed by atoms with E-state index in [1.165, 1.54) is 0 Å². The van der Waals surface area contributed by atoms with E-state index in [4.69, 9.17) is 4.74 Å². The Balaban J connectivity index is 2.74. The second-order valence-electron chi connectivity index (χ2n) is 5.37. The van der Waals surface area contributed by atoms with E-state index in [9.17, 15) is 5.11 Å². The number of aliphatic hydroxyl groups is 1. The fourth-order valence-electron chi connectivity index (χ4n) is 2.54. The Morgan fingerprint density at radius 1 is 1.50 bits per heavy atom. The predicted molar refractivity (Wildman–Crippen MR) is 58.2 cm³/mol. The molecule has 2 heteroatoms. The molecule has 1 aliphatic rings. The van der Waals surface area contributed by atoms with Crippen LogP contribution in [0.2, 0.25) is 0 Å². The van der Waals surface area contributed by atoms with Gasteiger partial charge in [-0.1, -0.05) is 6.08 Å². The van der Waals surface area contributed by atoms with Gasteiger partial charge in [0.25, 0.3) is 0 Å². The Hall–Kier alpha value is -0.340. The quantitative estimate of drug-likeness (QED) is 0.706. The van der Waals surface area contributed by atoms with Crippen LogP contribution in [0.5, 0.6) is 0 Å². The van der Waals surface area contributed by atoms with Crippen LogP contribution in [-0.4, -0.2) is 22.4 Å². The third-order valence-corrected chi connectivity index (χ3v) is 3.02. The first-order valence-electron chi connectivity index (χ1n) is 5.28. The van der Waals surface area contributed by atoms with Crippen LogP contribution >= 0.6 is 0 Å². The van der Waals surface area contributed by atoms with Crippen molar-refractivity contribution in [3.05, 3.63) is 12.7 Å². The molecule has 2 atom stereocenters. The van der Waals surface area contributed by atoms with Gasteiger partial charge in [-0.3, -0.25) is 0 Å². The van der Waals surface area contributed by atoms with E-state index in [1.807, 2.05) is 0 Å². The van der Waals surface area contributed by atoms with Gasteiger partial charge in [-0.2, -0.15) is 0 Å². The van der Waals surface area contributed by atoms with Gasteiger partial charge < -0.3 is 9.84 Å². The minimum Gasteiger partial charge on any atom is -0.392 e. The molecule has 0 aliphatic carbocycles.